The Labute approximate surface area is 98.7 Å². The van der Waals surface area contributed by atoms with Crippen LogP contribution in [0.2, 0.25) is 0 Å². The summed E-state index contributed by atoms with van der Waals surface area (Å²) in [5, 5.41) is 24.5. The SMILES string of the molecule is N=C1c2ccccc2C(=N)N1CCCC(=O)O. The van der Waals surface area contributed by atoms with Crippen molar-refractivity contribution in [2.24, 2.45) is 0 Å². The van der Waals surface area contributed by atoms with Crippen molar-refractivity contribution in [3.05, 3.63) is 35.4 Å². The van der Waals surface area contributed by atoms with E-state index in [1.165, 1.54) is 0 Å². The van der Waals surface area contributed by atoms with E-state index in [9.17, 15) is 4.79 Å². The molecule has 0 saturated heterocycles. The third-order valence-electron chi connectivity index (χ3n) is 2.75. The van der Waals surface area contributed by atoms with E-state index in [-0.39, 0.29) is 18.1 Å². The van der Waals surface area contributed by atoms with E-state index >= 15 is 0 Å². The second kappa shape index (κ2) is 4.37. The van der Waals surface area contributed by atoms with Gasteiger partial charge in [0.1, 0.15) is 11.7 Å². The van der Waals surface area contributed by atoms with Gasteiger partial charge in [-0.15, -0.1) is 0 Å². The molecule has 0 amide bonds. The van der Waals surface area contributed by atoms with Crippen LogP contribution in [0.3, 0.4) is 0 Å². The molecular weight excluding hydrogens is 218 g/mol. The molecule has 1 aromatic rings. The molecule has 17 heavy (non-hydrogen) atoms. The lowest BCUT2D eigenvalue weighted by atomic mass is 10.1. The van der Waals surface area contributed by atoms with E-state index in [2.05, 4.69) is 0 Å². The van der Waals surface area contributed by atoms with Crippen LogP contribution < -0.4 is 0 Å². The summed E-state index contributed by atoms with van der Waals surface area (Å²) in [5.41, 5.74) is 1.49. The summed E-state index contributed by atoms with van der Waals surface area (Å²) in [7, 11) is 0. The van der Waals surface area contributed by atoms with Crippen LogP contribution in [0.1, 0.15) is 24.0 Å². The largest absolute Gasteiger partial charge is 0.481 e. The van der Waals surface area contributed by atoms with Gasteiger partial charge in [0.25, 0.3) is 0 Å². The van der Waals surface area contributed by atoms with Crippen LogP contribution in [0.15, 0.2) is 24.3 Å². The first-order chi connectivity index (χ1) is 8.11. The number of carbonyl (C=O) groups is 1. The van der Waals surface area contributed by atoms with Crippen molar-refractivity contribution in [3.63, 3.8) is 0 Å². The Balaban J connectivity index is 2.11. The van der Waals surface area contributed by atoms with Gasteiger partial charge in [-0.25, -0.2) is 0 Å². The molecule has 3 N–H and O–H groups in total. The fourth-order valence-electron chi connectivity index (χ4n) is 1.91. The normalized spacial score (nSPS) is 14.0. The summed E-state index contributed by atoms with van der Waals surface area (Å²) < 4.78 is 0. The van der Waals surface area contributed by atoms with Crippen molar-refractivity contribution in [1.29, 1.82) is 10.8 Å². The first kappa shape index (κ1) is 11.3. The van der Waals surface area contributed by atoms with E-state index in [0.717, 1.165) is 11.1 Å². The maximum absolute atomic E-state index is 10.4. The number of nitrogens with zero attached hydrogens (tertiary/aromatic N) is 1. The summed E-state index contributed by atoms with van der Waals surface area (Å²) in [6, 6.07) is 7.29. The van der Waals surface area contributed by atoms with Crippen LogP contribution in [-0.2, 0) is 4.79 Å². The molecule has 0 aromatic heterocycles. The molecule has 88 valence electrons. The average Bonchev–Trinajstić information content (AvgIpc) is 2.54. The van der Waals surface area contributed by atoms with Gasteiger partial charge in [0.2, 0.25) is 0 Å². The summed E-state index contributed by atoms with van der Waals surface area (Å²) in [6.07, 6.45) is 0.501. The fraction of sp³-hybridized carbons (Fsp3) is 0.250. The van der Waals surface area contributed by atoms with Crippen molar-refractivity contribution in [3.8, 4) is 0 Å². The molecule has 5 heteroatoms. The lowest BCUT2D eigenvalue weighted by molar-refractivity contribution is -0.137. The summed E-state index contributed by atoms with van der Waals surface area (Å²) >= 11 is 0. The molecule has 1 aliphatic heterocycles. The number of carboxylic acids is 1. The number of hydrogen-bond donors (Lipinski definition) is 3. The van der Waals surface area contributed by atoms with Crippen LogP contribution in [-0.4, -0.2) is 34.2 Å². The Hall–Kier alpha value is -2.17. The topological polar surface area (TPSA) is 88.2 Å². The van der Waals surface area contributed by atoms with E-state index in [1.807, 2.05) is 24.3 Å². The van der Waals surface area contributed by atoms with Crippen molar-refractivity contribution >= 4 is 17.6 Å². The molecule has 0 radical (unpaired) electrons. The molecule has 0 unspecified atom stereocenters. The standard InChI is InChI=1S/C12H13N3O2/c13-11-8-4-1-2-5-9(8)12(14)15(11)7-3-6-10(16)17/h1-2,4-5,13-14H,3,6-7H2,(H,16,17). The fourth-order valence-corrected chi connectivity index (χ4v) is 1.91. The lowest BCUT2D eigenvalue weighted by Crippen LogP contribution is -2.31. The molecular formula is C12H13N3O2. The monoisotopic (exact) mass is 231 g/mol. The second-order valence-electron chi connectivity index (χ2n) is 3.89. The number of hydrogen-bond acceptors (Lipinski definition) is 3. The maximum Gasteiger partial charge on any atom is 0.303 e. The van der Waals surface area contributed by atoms with Gasteiger partial charge in [-0.05, 0) is 6.42 Å². The second-order valence-corrected chi connectivity index (χ2v) is 3.89. The Bertz CT molecular complexity index is 461. The highest BCUT2D eigenvalue weighted by Gasteiger charge is 2.28. The van der Waals surface area contributed by atoms with Crippen molar-refractivity contribution in [1.82, 2.24) is 4.90 Å². The van der Waals surface area contributed by atoms with Gasteiger partial charge in [0, 0.05) is 24.1 Å². The Morgan fingerprint density at radius 3 is 2.18 bits per heavy atom. The van der Waals surface area contributed by atoms with Crippen molar-refractivity contribution in [2.75, 3.05) is 6.54 Å². The third-order valence-corrected chi connectivity index (χ3v) is 2.75. The highest BCUT2D eigenvalue weighted by molar-refractivity contribution is 6.23. The first-order valence-corrected chi connectivity index (χ1v) is 5.37. The molecule has 5 nitrogen and oxygen atoms in total. The van der Waals surface area contributed by atoms with Crippen molar-refractivity contribution in [2.45, 2.75) is 12.8 Å². The zero-order valence-corrected chi connectivity index (χ0v) is 9.23. The number of carboxylic acid groups (broad SMARTS) is 1. The van der Waals surface area contributed by atoms with Crippen LogP contribution in [0, 0.1) is 10.8 Å². The van der Waals surface area contributed by atoms with E-state index in [1.54, 1.807) is 4.90 Å². The molecule has 0 saturated carbocycles. The quantitative estimate of drug-likeness (QED) is 0.734. The van der Waals surface area contributed by atoms with E-state index in [0.29, 0.717) is 13.0 Å². The van der Waals surface area contributed by atoms with Crippen LogP contribution in [0.25, 0.3) is 0 Å². The Morgan fingerprint density at radius 1 is 1.18 bits per heavy atom. The molecule has 0 aliphatic carbocycles. The number of amidine groups is 2. The third kappa shape index (κ3) is 2.04. The lowest BCUT2D eigenvalue weighted by Gasteiger charge is -2.17. The van der Waals surface area contributed by atoms with Gasteiger partial charge < -0.3 is 10.0 Å². The minimum Gasteiger partial charge on any atom is -0.481 e. The van der Waals surface area contributed by atoms with Crippen LogP contribution in [0.5, 0.6) is 0 Å². The average molecular weight is 231 g/mol. The number of rotatable bonds is 4. The first-order valence-electron chi connectivity index (χ1n) is 5.37. The number of benzene rings is 1. The zero-order valence-electron chi connectivity index (χ0n) is 9.23. The Morgan fingerprint density at radius 2 is 1.71 bits per heavy atom. The highest BCUT2D eigenvalue weighted by atomic mass is 16.4. The Kier molecular flexibility index (Phi) is 2.91. The molecule has 2 rings (SSSR count). The number of fused-ring (bicyclic) bond motifs is 1. The van der Waals surface area contributed by atoms with E-state index in [4.69, 9.17) is 15.9 Å². The predicted octanol–water partition coefficient (Wildman–Crippen LogP) is 1.52. The minimum atomic E-state index is -0.847. The smallest absolute Gasteiger partial charge is 0.303 e. The summed E-state index contributed by atoms with van der Waals surface area (Å²) in [4.78, 5) is 12.0. The highest BCUT2D eigenvalue weighted by Crippen LogP contribution is 2.22. The molecule has 0 spiro atoms. The van der Waals surface area contributed by atoms with Gasteiger partial charge in [-0.1, -0.05) is 24.3 Å². The minimum absolute atomic E-state index is 0.0629. The van der Waals surface area contributed by atoms with Gasteiger partial charge >= 0.3 is 5.97 Å². The molecule has 0 atom stereocenters. The molecule has 0 fully saturated rings. The van der Waals surface area contributed by atoms with Crippen LogP contribution >= 0.6 is 0 Å². The molecule has 0 bridgehead atoms. The molecule has 1 aromatic carbocycles. The van der Waals surface area contributed by atoms with Crippen LogP contribution in [0.4, 0.5) is 0 Å². The predicted molar refractivity (Wildman–Crippen MR) is 63.7 cm³/mol. The summed E-state index contributed by atoms with van der Waals surface area (Å²) in [6.45, 7) is 0.401. The van der Waals surface area contributed by atoms with Crippen molar-refractivity contribution < 1.29 is 9.90 Å². The summed E-state index contributed by atoms with van der Waals surface area (Å²) in [5.74, 6) is -0.272. The van der Waals surface area contributed by atoms with Gasteiger partial charge in [0.15, 0.2) is 0 Å². The van der Waals surface area contributed by atoms with Gasteiger partial charge in [0.05, 0.1) is 0 Å². The van der Waals surface area contributed by atoms with E-state index < -0.39 is 5.97 Å². The molecule has 1 heterocycles. The van der Waals surface area contributed by atoms with Gasteiger partial charge in [-0.3, -0.25) is 15.6 Å². The number of nitrogens with one attached hydrogen (secondary N) is 2. The number of aliphatic carboxylic acids is 1. The molecule has 1 aliphatic rings. The zero-order chi connectivity index (χ0) is 12.4. The van der Waals surface area contributed by atoms with Gasteiger partial charge in [-0.2, -0.15) is 0 Å². The maximum atomic E-state index is 10.4.